The van der Waals surface area contributed by atoms with Crippen molar-refractivity contribution < 1.29 is 9.47 Å². The minimum absolute atomic E-state index is 0.0653. The first kappa shape index (κ1) is 21.4. The summed E-state index contributed by atoms with van der Waals surface area (Å²) in [4.78, 5) is 10.0. The first-order valence-corrected chi connectivity index (χ1v) is 11.9. The number of benzene rings is 2. The van der Waals surface area contributed by atoms with Gasteiger partial charge in [-0.05, 0) is 43.5 Å². The SMILES string of the molecule is CN1CCN(c2nc3ccccc3c(-c3ccccc3)c2CCOC2CCCCO2)CC1. The molecule has 0 N–H and O–H groups in total. The van der Waals surface area contributed by atoms with Crippen molar-refractivity contribution in [3.8, 4) is 11.1 Å². The zero-order chi connectivity index (χ0) is 21.8. The van der Waals surface area contributed by atoms with E-state index in [2.05, 4.69) is 71.4 Å². The zero-order valence-electron chi connectivity index (χ0n) is 19.0. The van der Waals surface area contributed by atoms with E-state index in [0.717, 1.165) is 63.4 Å². The van der Waals surface area contributed by atoms with Crippen LogP contribution in [0.25, 0.3) is 22.0 Å². The summed E-state index contributed by atoms with van der Waals surface area (Å²) < 4.78 is 12.0. The molecule has 2 fully saturated rings. The van der Waals surface area contributed by atoms with E-state index in [0.29, 0.717) is 6.61 Å². The second kappa shape index (κ2) is 9.99. The van der Waals surface area contributed by atoms with Crippen molar-refractivity contribution in [3.63, 3.8) is 0 Å². The Labute approximate surface area is 191 Å². The van der Waals surface area contributed by atoms with Gasteiger partial charge in [-0.2, -0.15) is 0 Å². The Balaban J connectivity index is 1.56. The van der Waals surface area contributed by atoms with E-state index in [9.17, 15) is 0 Å². The van der Waals surface area contributed by atoms with Crippen LogP contribution < -0.4 is 4.90 Å². The van der Waals surface area contributed by atoms with E-state index in [1.165, 1.54) is 28.5 Å². The molecule has 2 aliphatic rings. The second-order valence-corrected chi connectivity index (χ2v) is 8.88. The molecule has 3 heterocycles. The third-order valence-corrected chi connectivity index (χ3v) is 6.63. The lowest BCUT2D eigenvalue weighted by molar-refractivity contribution is -0.161. The fourth-order valence-electron chi connectivity index (χ4n) is 4.82. The van der Waals surface area contributed by atoms with Crippen LogP contribution in [-0.4, -0.2) is 62.6 Å². The topological polar surface area (TPSA) is 37.8 Å². The van der Waals surface area contributed by atoms with Gasteiger partial charge in [-0.1, -0.05) is 48.5 Å². The number of hydrogen-bond acceptors (Lipinski definition) is 5. The molecule has 32 heavy (non-hydrogen) atoms. The number of rotatable bonds is 6. The quantitative estimate of drug-likeness (QED) is 0.564. The van der Waals surface area contributed by atoms with Crippen molar-refractivity contribution in [2.45, 2.75) is 32.0 Å². The average Bonchev–Trinajstić information content (AvgIpc) is 2.85. The van der Waals surface area contributed by atoms with E-state index < -0.39 is 0 Å². The summed E-state index contributed by atoms with van der Waals surface area (Å²) >= 11 is 0. The van der Waals surface area contributed by atoms with Gasteiger partial charge in [-0.15, -0.1) is 0 Å². The number of ether oxygens (including phenoxy) is 2. The van der Waals surface area contributed by atoms with Gasteiger partial charge in [0, 0.05) is 50.2 Å². The van der Waals surface area contributed by atoms with Crippen LogP contribution in [0.15, 0.2) is 54.6 Å². The van der Waals surface area contributed by atoms with Gasteiger partial charge in [0.25, 0.3) is 0 Å². The van der Waals surface area contributed by atoms with Crippen molar-refractivity contribution in [2.75, 3.05) is 51.3 Å². The van der Waals surface area contributed by atoms with Crippen LogP contribution in [0.2, 0.25) is 0 Å². The Hall–Kier alpha value is -2.47. The summed E-state index contributed by atoms with van der Waals surface area (Å²) in [5, 5.41) is 1.21. The molecule has 5 heteroatoms. The Morgan fingerprint density at radius 1 is 0.969 bits per heavy atom. The highest BCUT2D eigenvalue weighted by atomic mass is 16.7. The Morgan fingerprint density at radius 3 is 2.53 bits per heavy atom. The molecule has 2 aliphatic heterocycles. The maximum Gasteiger partial charge on any atom is 0.157 e. The molecule has 0 aliphatic carbocycles. The highest BCUT2D eigenvalue weighted by molar-refractivity contribution is 5.98. The summed E-state index contributed by atoms with van der Waals surface area (Å²) in [5.74, 6) is 1.11. The van der Waals surface area contributed by atoms with Crippen LogP contribution in [-0.2, 0) is 15.9 Å². The smallest absolute Gasteiger partial charge is 0.157 e. The Bertz CT molecular complexity index is 1030. The van der Waals surface area contributed by atoms with Gasteiger partial charge in [0.05, 0.1) is 12.1 Å². The van der Waals surface area contributed by atoms with Crippen molar-refractivity contribution >= 4 is 16.7 Å². The van der Waals surface area contributed by atoms with Crippen LogP contribution in [0, 0.1) is 0 Å². The predicted molar refractivity (Wildman–Crippen MR) is 130 cm³/mol. The molecule has 0 amide bonds. The van der Waals surface area contributed by atoms with Crippen LogP contribution in [0.1, 0.15) is 24.8 Å². The normalized spacial score (nSPS) is 20.0. The van der Waals surface area contributed by atoms with Gasteiger partial charge in [0.1, 0.15) is 5.82 Å². The highest BCUT2D eigenvalue weighted by Crippen LogP contribution is 2.37. The molecule has 3 aromatic rings. The van der Waals surface area contributed by atoms with Crippen molar-refractivity contribution in [1.82, 2.24) is 9.88 Å². The molecule has 0 radical (unpaired) electrons. The van der Waals surface area contributed by atoms with Crippen molar-refractivity contribution in [1.29, 1.82) is 0 Å². The number of para-hydroxylation sites is 1. The Kier molecular flexibility index (Phi) is 6.67. The number of nitrogens with zero attached hydrogens (tertiary/aromatic N) is 3. The molecule has 168 valence electrons. The lowest BCUT2D eigenvalue weighted by Crippen LogP contribution is -2.45. The average molecular weight is 432 g/mol. The molecule has 5 rings (SSSR count). The van der Waals surface area contributed by atoms with Gasteiger partial charge in [-0.3, -0.25) is 0 Å². The number of pyridine rings is 1. The molecule has 5 nitrogen and oxygen atoms in total. The number of fused-ring (bicyclic) bond motifs is 1. The van der Waals surface area contributed by atoms with Gasteiger partial charge < -0.3 is 19.3 Å². The minimum atomic E-state index is -0.0653. The number of aromatic nitrogens is 1. The first-order valence-electron chi connectivity index (χ1n) is 11.9. The highest BCUT2D eigenvalue weighted by Gasteiger charge is 2.23. The number of anilines is 1. The number of hydrogen-bond donors (Lipinski definition) is 0. The van der Waals surface area contributed by atoms with Gasteiger partial charge in [-0.25, -0.2) is 4.98 Å². The standard InChI is InChI=1S/C27H33N3O2/c1-29-15-17-30(18-16-29)27-23(14-20-32-25-13-7-8-19-31-25)26(21-9-3-2-4-10-21)22-11-5-6-12-24(22)28-27/h2-6,9-12,25H,7-8,13-20H2,1H3. The molecule has 2 saturated heterocycles. The van der Waals surface area contributed by atoms with E-state index >= 15 is 0 Å². The first-order chi connectivity index (χ1) is 15.8. The van der Waals surface area contributed by atoms with Crippen molar-refractivity contribution in [3.05, 3.63) is 60.2 Å². The molecule has 1 unspecified atom stereocenters. The van der Waals surface area contributed by atoms with Gasteiger partial charge in [0.2, 0.25) is 0 Å². The lowest BCUT2D eigenvalue weighted by Gasteiger charge is -2.35. The van der Waals surface area contributed by atoms with Crippen LogP contribution in [0.3, 0.4) is 0 Å². The zero-order valence-corrected chi connectivity index (χ0v) is 19.0. The molecule has 1 aromatic heterocycles. The van der Waals surface area contributed by atoms with Crippen LogP contribution in [0.4, 0.5) is 5.82 Å². The monoisotopic (exact) mass is 431 g/mol. The van der Waals surface area contributed by atoms with E-state index in [4.69, 9.17) is 14.5 Å². The maximum absolute atomic E-state index is 6.17. The van der Waals surface area contributed by atoms with Gasteiger partial charge in [0.15, 0.2) is 6.29 Å². The maximum atomic E-state index is 6.17. The fraction of sp³-hybridized carbons (Fsp3) is 0.444. The van der Waals surface area contributed by atoms with Crippen LogP contribution >= 0.6 is 0 Å². The minimum Gasteiger partial charge on any atom is -0.354 e. The van der Waals surface area contributed by atoms with Crippen LogP contribution in [0.5, 0.6) is 0 Å². The third kappa shape index (κ3) is 4.65. The lowest BCUT2D eigenvalue weighted by atomic mass is 9.93. The van der Waals surface area contributed by atoms with E-state index in [1.54, 1.807) is 0 Å². The summed E-state index contributed by atoms with van der Waals surface area (Å²) in [6.07, 6.45) is 4.07. The fourth-order valence-corrected chi connectivity index (χ4v) is 4.82. The molecule has 2 aromatic carbocycles. The number of piperazine rings is 1. The summed E-state index contributed by atoms with van der Waals surface area (Å²) in [7, 11) is 2.19. The Morgan fingerprint density at radius 2 is 1.75 bits per heavy atom. The predicted octanol–water partition coefficient (Wildman–Crippen LogP) is 4.74. The molecule has 0 spiro atoms. The van der Waals surface area contributed by atoms with Crippen molar-refractivity contribution in [2.24, 2.45) is 0 Å². The summed E-state index contributed by atoms with van der Waals surface area (Å²) in [5.41, 5.74) is 4.87. The molecule has 0 saturated carbocycles. The summed E-state index contributed by atoms with van der Waals surface area (Å²) in [6.45, 7) is 5.56. The third-order valence-electron chi connectivity index (χ3n) is 6.63. The second-order valence-electron chi connectivity index (χ2n) is 8.88. The molecular formula is C27H33N3O2. The summed E-state index contributed by atoms with van der Waals surface area (Å²) in [6, 6.07) is 19.3. The molecule has 0 bridgehead atoms. The molecule has 1 atom stereocenters. The largest absolute Gasteiger partial charge is 0.354 e. The van der Waals surface area contributed by atoms with E-state index in [1.807, 2.05) is 0 Å². The van der Waals surface area contributed by atoms with E-state index in [-0.39, 0.29) is 6.29 Å². The number of likely N-dealkylation sites (N-methyl/N-ethyl adjacent to an activating group) is 1. The molecular weight excluding hydrogens is 398 g/mol. The van der Waals surface area contributed by atoms with Gasteiger partial charge >= 0.3 is 0 Å².